The quantitative estimate of drug-likeness (QED) is 0.739. The van der Waals surface area contributed by atoms with Crippen molar-refractivity contribution in [3.8, 4) is 5.75 Å². The third-order valence-electron chi connectivity index (χ3n) is 2.49. The van der Waals surface area contributed by atoms with Gasteiger partial charge in [0.05, 0.1) is 11.6 Å². The number of hydrogen-bond acceptors (Lipinski definition) is 3. The molecule has 0 amide bonds. The molecule has 1 unspecified atom stereocenters. The lowest BCUT2D eigenvalue weighted by Crippen LogP contribution is -2.17. The molecule has 3 nitrogen and oxygen atoms in total. The number of halogens is 1. The first-order chi connectivity index (χ1) is 8.52. The van der Waals surface area contributed by atoms with Crippen molar-refractivity contribution in [2.45, 2.75) is 39.7 Å². The number of benzene rings is 1. The first-order valence-electron chi connectivity index (χ1n) is 6.11. The minimum absolute atomic E-state index is 0.137. The fourth-order valence-corrected chi connectivity index (χ4v) is 1.71. The normalized spacial score (nSPS) is 12.0. The summed E-state index contributed by atoms with van der Waals surface area (Å²) < 4.78 is 10.7. The maximum Gasteiger partial charge on any atom is 0.305 e. The first kappa shape index (κ1) is 14.8. The lowest BCUT2D eigenvalue weighted by Gasteiger charge is -2.14. The van der Waals surface area contributed by atoms with Crippen LogP contribution in [0, 0.1) is 6.92 Å². The molecule has 0 spiro atoms. The predicted octanol–water partition coefficient (Wildman–Crippen LogP) is 3.76. The van der Waals surface area contributed by atoms with Gasteiger partial charge in [-0.1, -0.05) is 24.6 Å². The number of carbonyl (C=O) groups excluding carboxylic acids is 1. The Labute approximate surface area is 113 Å². The van der Waals surface area contributed by atoms with Crippen molar-refractivity contribution in [2.24, 2.45) is 0 Å². The highest BCUT2D eigenvalue weighted by Gasteiger charge is 2.08. The van der Waals surface area contributed by atoms with Crippen LogP contribution in [0.25, 0.3) is 0 Å². The molecule has 1 aromatic rings. The SMILES string of the molecule is CCC(=O)OC(C)CCOc1ccc(C)cc1Cl. The van der Waals surface area contributed by atoms with E-state index in [2.05, 4.69) is 0 Å². The zero-order chi connectivity index (χ0) is 13.5. The van der Waals surface area contributed by atoms with Crippen LogP contribution < -0.4 is 4.74 Å². The van der Waals surface area contributed by atoms with Crippen molar-refractivity contribution >= 4 is 17.6 Å². The number of aryl methyl sites for hydroxylation is 1. The van der Waals surface area contributed by atoms with Gasteiger partial charge in [0, 0.05) is 12.8 Å². The molecule has 1 aromatic carbocycles. The molecule has 0 N–H and O–H groups in total. The molecule has 0 saturated heterocycles. The molecule has 4 heteroatoms. The highest BCUT2D eigenvalue weighted by Crippen LogP contribution is 2.25. The van der Waals surface area contributed by atoms with Crippen LogP contribution in [0.4, 0.5) is 0 Å². The molecule has 0 heterocycles. The maximum absolute atomic E-state index is 11.1. The van der Waals surface area contributed by atoms with Gasteiger partial charge in [0.1, 0.15) is 11.9 Å². The van der Waals surface area contributed by atoms with E-state index in [1.807, 2.05) is 32.0 Å². The van der Waals surface area contributed by atoms with Gasteiger partial charge in [-0.3, -0.25) is 4.79 Å². The van der Waals surface area contributed by atoms with E-state index in [1.54, 1.807) is 6.92 Å². The van der Waals surface area contributed by atoms with Crippen molar-refractivity contribution < 1.29 is 14.3 Å². The summed E-state index contributed by atoms with van der Waals surface area (Å²) in [7, 11) is 0. The largest absolute Gasteiger partial charge is 0.492 e. The van der Waals surface area contributed by atoms with Crippen LogP contribution in [0.1, 0.15) is 32.3 Å². The highest BCUT2D eigenvalue weighted by atomic mass is 35.5. The van der Waals surface area contributed by atoms with Crippen LogP contribution in [0.2, 0.25) is 5.02 Å². The van der Waals surface area contributed by atoms with Crippen LogP contribution in [0.3, 0.4) is 0 Å². The Hall–Kier alpha value is -1.22. The van der Waals surface area contributed by atoms with Crippen molar-refractivity contribution in [3.05, 3.63) is 28.8 Å². The molecule has 18 heavy (non-hydrogen) atoms. The van der Waals surface area contributed by atoms with Gasteiger partial charge in [0.15, 0.2) is 0 Å². The second-order valence-electron chi connectivity index (χ2n) is 4.23. The monoisotopic (exact) mass is 270 g/mol. The lowest BCUT2D eigenvalue weighted by atomic mass is 10.2. The minimum atomic E-state index is -0.184. The van der Waals surface area contributed by atoms with Crippen molar-refractivity contribution in [3.63, 3.8) is 0 Å². The third-order valence-corrected chi connectivity index (χ3v) is 2.79. The maximum atomic E-state index is 11.1. The standard InChI is InChI=1S/C14H19ClO3/c1-4-14(16)18-11(3)7-8-17-13-6-5-10(2)9-12(13)15/h5-6,9,11H,4,7-8H2,1-3H3. The summed E-state index contributed by atoms with van der Waals surface area (Å²) in [6.45, 7) is 6.08. The van der Waals surface area contributed by atoms with Crippen LogP contribution in [0.15, 0.2) is 18.2 Å². The molecule has 1 rings (SSSR count). The van der Waals surface area contributed by atoms with Gasteiger partial charge >= 0.3 is 5.97 Å². The average molecular weight is 271 g/mol. The summed E-state index contributed by atoms with van der Waals surface area (Å²) in [6.07, 6.45) is 0.909. The molecule has 0 aliphatic heterocycles. The number of rotatable bonds is 6. The Balaban J connectivity index is 2.35. The van der Waals surface area contributed by atoms with E-state index >= 15 is 0 Å². The number of esters is 1. The lowest BCUT2D eigenvalue weighted by molar-refractivity contribution is -0.148. The van der Waals surface area contributed by atoms with Gasteiger partial charge in [-0.05, 0) is 31.5 Å². The third kappa shape index (κ3) is 4.96. The summed E-state index contributed by atoms with van der Waals surface area (Å²) in [5, 5.41) is 0.605. The molecular formula is C14H19ClO3. The molecule has 0 bridgehead atoms. The van der Waals surface area contributed by atoms with Gasteiger partial charge in [0.2, 0.25) is 0 Å². The molecule has 0 aromatic heterocycles. The van der Waals surface area contributed by atoms with E-state index < -0.39 is 0 Å². The van der Waals surface area contributed by atoms with Crippen molar-refractivity contribution in [1.82, 2.24) is 0 Å². The summed E-state index contributed by atoms with van der Waals surface area (Å²) in [5.41, 5.74) is 1.09. The van der Waals surface area contributed by atoms with E-state index in [9.17, 15) is 4.79 Å². The molecule has 0 aliphatic rings. The van der Waals surface area contributed by atoms with E-state index in [0.717, 1.165) is 5.56 Å². The molecule has 100 valence electrons. The Morgan fingerprint density at radius 3 is 2.78 bits per heavy atom. The first-order valence-corrected chi connectivity index (χ1v) is 6.49. The number of hydrogen-bond donors (Lipinski definition) is 0. The Bertz CT molecular complexity index is 404. The predicted molar refractivity (Wildman–Crippen MR) is 72.1 cm³/mol. The summed E-state index contributed by atoms with van der Waals surface area (Å²) >= 11 is 6.04. The van der Waals surface area contributed by atoms with Crippen LogP contribution >= 0.6 is 11.6 Å². The molecule has 0 radical (unpaired) electrons. The minimum Gasteiger partial charge on any atom is -0.492 e. The molecule has 0 aliphatic carbocycles. The highest BCUT2D eigenvalue weighted by molar-refractivity contribution is 6.32. The van der Waals surface area contributed by atoms with Crippen LogP contribution in [-0.4, -0.2) is 18.7 Å². The second kappa shape index (κ2) is 7.27. The van der Waals surface area contributed by atoms with Gasteiger partial charge in [-0.2, -0.15) is 0 Å². The van der Waals surface area contributed by atoms with Crippen molar-refractivity contribution in [2.75, 3.05) is 6.61 Å². The van der Waals surface area contributed by atoms with Gasteiger partial charge < -0.3 is 9.47 Å². The number of ether oxygens (including phenoxy) is 2. The Morgan fingerprint density at radius 2 is 2.17 bits per heavy atom. The molecule has 0 fully saturated rings. The summed E-state index contributed by atoms with van der Waals surface area (Å²) in [5.74, 6) is 0.479. The number of carbonyl (C=O) groups is 1. The smallest absolute Gasteiger partial charge is 0.305 e. The average Bonchev–Trinajstić information content (AvgIpc) is 2.31. The molecular weight excluding hydrogens is 252 g/mol. The van der Waals surface area contributed by atoms with Crippen LogP contribution in [0.5, 0.6) is 5.75 Å². The van der Waals surface area contributed by atoms with Gasteiger partial charge in [0.25, 0.3) is 0 Å². The van der Waals surface area contributed by atoms with E-state index in [4.69, 9.17) is 21.1 Å². The van der Waals surface area contributed by atoms with Gasteiger partial charge in [-0.25, -0.2) is 0 Å². The molecule has 0 saturated carbocycles. The van der Waals surface area contributed by atoms with Gasteiger partial charge in [-0.15, -0.1) is 0 Å². The van der Waals surface area contributed by atoms with E-state index in [0.29, 0.717) is 30.2 Å². The van der Waals surface area contributed by atoms with Crippen LogP contribution in [-0.2, 0) is 9.53 Å². The molecule has 1 atom stereocenters. The summed E-state index contributed by atoms with van der Waals surface area (Å²) in [4.78, 5) is 11.1. The fraction of sp³-hybridized carbons (Fsp3) is 0.500. The van der Waals surface area contributed by atoms with E-state index in [1.165, 1.54) is 0 Å². The topological polar surface area (TPSA) is 35.5 Å². The zero-order valence-corrected chi connectivity index (χ0v) is 11.8. The Morgan fingerprint density at radius 1 is 1.44 bits per heavy atom. The van der Waals surface area contributed by atoms with Crippen molar-refractivity contribution in [1.29, 1.82) is 0 Å². The Kier molecular flexibility index (Phi) is 5.99. The zero-order valence-electron chi connectivity index (χ0n) is 11.0. The summed E-state index contributed by atoms with van der Waals surface area (Å²) in [6, 6.07) is 5.65. The fourth-order valence-electron chi connectivity index (χ4n) is 1.42. The second-order valence-corrected chi connectivity index (χ2v) is 4.63. The van der Waals surface area contributed by atoms with E-state index in [-0.39, 0.29) is 12.1 Å².